The number of nitrogens with zero attached hydrogens (tertiary/aromatic N) is 3. The Balaban J connectivity index is 2.23. The van der Waals surface area contributed by atoms with Crippen LogP contribution in [0.4, 0.5) is 14.5 Å². The fourth-order valence-corrected chi connectivity index (χ4v) is 2.17. The van der Waals surface area contributed by atoms with Crippen LogP contribution in [0.2, 0.25) is 0 Å². The number of amides is 1. The molecule has 0 fully saturated rings. The van der Waals surface area contributed by atoms with Crippen molar-refractivity contribution in [2.45, 2.75) is 12.8 Å². The summed E-state index contributed by atoms with van der Waals surface area (Å²) in [5.74, 6) is -3.62. The number of rotatable bonds is 4. The molecule has 0 aliphatic rings. The van der Waals surface area contributed by atoms with Gasteiger partial charge in [-0.15, -0.1) is 10.2 Å². The molecule has 1 amide bonds. The predicted molar refractivity (Wildman–Crippen MR) is 73.9 cm³/mol. The van der Waals surface area contributed by atoms with E-state index in [2.05, 4.69) is 15.5 Å². The number of aryl methyl sites for hydroxylation is 1. The zero-order chi connectivity index (χ0) is 16.5. The number of anilines is 1. The molecule has 0 saturated heterocycles. The highest BCUT2D eigenvalue weighted by Crippen LogP contribution is 2.16. The Morgan fingerprint density at radius 1 is 1.32 bits per heavy atom. The van der Waals surface area contributed by atoms with Gasteiger partial charge in [0, 0.05) is 6.26 Å². The summed E-state index contributed by atoms with van der Waals surface area (Å²) in [5, 5.41) is 8.81. The average Bonchev–Trinajstić information content (AvgIpc) is 2.71. The molecule has 1 N–H and O–H groups in total. The van der Waals surface area contributed by atoms with Gasteiger partial charge in [0.1, 0.15) is 5.82 Å². The van der Waals surface area contributed by atoms with Crippen LogP contribution in [0.25, 0.3) is 0 Å². The van der Waals surface area contributed by atoms with Crippen molar-refractivity contribution in [1.29, 1.82) is 0 Å². The molecule has 0 aliphatic heterocycles. The van der Waals surface area contributed by atoms with Crippen molar-refractivity contribution in [3.05, 3.63) is 41.2 Å². The summed E-state index contributed by atoms with van der Waals surface area (Å²) in [6.07, 6.45) is 0.912. The number of hydrogen-bond acceptors (Lipinski definition) is 5. The van der Waals surface area contributed by atoms with Crippen molar-refractivity contribution in [2.24, 2.45) is 0 Å². The van der Waals surface area contributed by atoms with Crippen molar-refractivity contribution in [3.8, 4) is 0 Å². The van der Waals surface area contributed by atoms with Crippen LogP contribution in [0.15, 0.2) is 18.2 Å². The van der Waals surface area contributed by atoms with Gasteiger partial charge in [0.05, 0.1) is 5.69 Å². The molecule has 0 bridgehead atoms. The standard InChI is InChI=1S/C12H12F2N4O3S/c1-7-3-4-9(8(13)5-7)15-12(19)10-11(14)17-18(16-10)6-22(2,20)21/h3-5H,6H2,1-2H3,(H,15,19). The molecule has 1 heterocycles. The summed E-state index contributed by atoms with van der Waals surface area (Å²) in [4.78, 5) is 12.4. The van der Waals surface area contributed by atoms with E-state index in [0.29, 0.717) is 10.4 Å². The third-order valence-corrected chi connectivity index (χ3v) is 3.25. The second-order valence-corrected chi connectivity index (χ2v) is 6.81. The second kappa shape index (κ2) is 5.79. The normalized spacial score (nSPS) is 11.5. The average molecular weight is 330 g/mol. The molecule has 22 heavy (non-hydrogen) atoms. The Labute approximate surface area is 124 Å². The van der Waals surface area contributed by atoms with Gasteiger partial charge >= 0.3 is 0 Å². The fraction of sp³-hybridized carbons (Fsp3) is 0.250. The number of hydrogen-bond donors (Lipinski definition) is 1. The Morgan fingerprint density at radius 3 is 2.59 bits per heavy atom. The molecule has 10 heteroatoms. The lowest BCUT2D eigenvalue weighted by atomic mass is 10.2. The van der Waals surface area contributed by atoms with Gasteiger partial charge < -0.3 is 5.32 Å². The highest BCUT2D eigenvalue weighted by molar-refractivity contribution is 7.89. The second-order valence-electron chi connectivity index (χ2n) is 4.70. The van der Waals surface area contributed by atoms with Crippen molar-refractivity contribution < 1.29 is 22.0 Å². The SMILES string of the molecule is Cc1ccc(NC(=O)c2nn(CS(C)(=O)=O)nc2F)c(F)c1. The Hall–Kier alpha value is -2.36. The van der Waals surface area contributed by atoms with E-state index in [1.807, 2.05) is 0 Å². The van der Waals surface area contributed by atoms with Crippen molar-refractivity contribution in [2.75, 3.05) is 11.6 Å². The number of carbonyl (C=O) groups is 1. The minimum atomic E-state index is -3.50. The summed E-state index contributed by atoms with van der Waals surface area (Å²) in [6.45, 7) is 1.67. The predicted octanol–water partition coefficient (Wildman–Crippen LogP) is 1.12. The van der Waals surface area contributed by atoms with Crippen molar-refractivity contribution >= 4 is 21.4 Å². The number of nitrogens with one attached hydrogen (secondary N) is 1. The van der Waals surface area contributed by atoms with Crippen molar-refractivity contribution in [3.63, 3.8) is 0 Å². The van der Waals surface area contributed by atoms with Gasteiger partial charge in [0.15, 0.2) is 15.7 Å². The van der Waals surface area contributed by atoms with Gasteiger partial charge in [0.25, 0.3) is 11.9 Å². The van der Waals surface area contributed by atoms with Crippen LogP contribution in [0.1, 0.15) is 16.1 Å². The first-order valence-corrected chi connectivity index (χ1v) is 8.07. The summed E-state index contributed by atoms with van der Waals surface area (Å²) in [5.41, 5.74) is -0.211. The topological polar surface area (TPSA) is 94.0 Å². The largest absolute Gasteiger partial charge is 0.318 e. The van der Waals surface area contributed by atoms with E-state index in [0.717, 1.165) is 6.26 Å². The first-order chi connectivity index (χ1) is 10.2. The van der Waals surface area contributed by atoms with Crippen LogP contribution in [0, 0.1) is 18.7 Å². The summed E-state index contributed by atoms with van der Waals surface area (Å²) in [7, 11) is -3.50. The van der Waals surface area contributed by atoms with E-state index < -0.39 is 39.1 Å². The van der Waals surface area contributed by atoms with Crippen LogP contribution in [0.3, 0.4) is 0 Å². The van der Waals surface area contributed by atoms with Gasteiger partial charge in [0.2, 0.25) is 5.69 Å². The molecule has 0 radical (unpaired) electrons. The first-order valence-electron chi connectivity index (χ1n) is 6.01. The summed E-state index contributed by atoms with van der Waals surface area (Å²) in [6, 6.07) is 4.09. The first kappa shape index (κ1) is 16.0. The third-order valence-electron chi connectivity index (χ3n) is 2.55. The molecule has 0 spiro atoms. The smallest absolute Gasteiger partial charge is 0.281 e. The molecule has 0 saturated carbocycles. The highest BCUT2D eigenvalue weighted by atomic mass is 32.2. The Bertz CT molecular complexity index is 833. The molecule has 0 unspecified atom stereocenters. The lowest BCUT2D eigenvalue weighted by Gasteiger charge is -2.05. The minimum absolute atomic E-state index is 0.146. The molecule has 0 aliphatic carbocycles. The van der Waals surface area contributed by atoms with Crippen LogP contribution in [-0.4, -0.2) is 35.6 Å². The van der Waals surface area contributed by atoms with E-state index in [4.69, 9.17) is 0 Å². The summed E-state index contributed by atoms with van der Waals surface area (Å²) >= 11 is 0. The number of aromatic nitrogens is 3. The molecular formula is C12H12F2N4O3S. The maximum absolute atomic E-state index is 13.6. The molecule has 1 aromatic carbocycles. The lowest BCUT2D eigenvalue weighted by Crippen LogP contribution is -2.16. The van der Waals surface area contributed by atoms with E-state index >= 15 is 0 Å². The molecule has 1 aromatic heterocycles. The van der Waals surface area contributed by atoms with Gasteiger partial charge in [-0.3, -0.25) is 4.79 Å². The lowest BCUT2D eigenvalue weighted by molar-refractivity contribution is 0.101. The number of benzene rings is 1. The molecule has 7 nitrogen and oxygen atoms in total. The van der Waals surface area contributed by atoms with E-state index in [1.54, 1.807) is 13.0 Å². The van der Waals surface area contributed by atoms with Gasteiger partial charge in [-0.25, -0.2) is 12.8 Å². The number of halogens is 2. The molecule has 2 aromatic rings. The highest BCUT2D eigenvalue weighted by Gasteiger charge is 2.21. The van der Waals surface area contributed by atoms with Gasteiger partial charge in [-0.05, 0) is 24.6 Å². The van der Waals surface area contributed by atoms with Crippen LogP contribution < -0.4 is 5.32 Å². The summed E-state index contributed by atoms with van der Waals surface area (Å²) < 4.78 is 49.4. The van der Waals surface area contributed by atoms with Gasteiger partial charge in [-0.2, -0.15) is 9.19 Å². The zero-order valence-electron chi connectivity index (χ0n) is 11.7. The third kappa shape index (κ3) is 3.85. The zero-order valence-corrected chi connectivity index (χ0v) is 12.5. The monoisotopic (exact) mass is 330 g/mol. The molecule has 2 rings (SSSR count). The van der Waals surface area contributed by atoms with Crippen LogP contribution in [-0.2, 0) is 15.7 Å². The molecular weight excluding hydrogens is 318 g/mol. The Morgan fingerprint density at radius 2 is 2.00 bits per heavy atom. The van der Waals surface area contributed by atoms with Crippen molar-refractivity contribution in [1.82, 2.24) is 15.0 Å². The number of sulfone groups is 1. The maximum atomic E-state index is 13.6. The quantitative estimate of drug-likeness (QED) is 0.906. The van der Waals surface area contributed by atoms with Crippen LogP contribution in [0.5, 0.6) is 0 Å². The van der Waals surface area contributed by atoms with E-state index in [1.165, 1.54) is 12.1 Å². The Kier molecular flexibility index (Phi) is 4.22. The molecule has 0 atom stereocenters. The van der Waals surface area contributed by atoms with Crippen LogP contribution >= 0.6 is 0 Å². The minimum Gasteiger partial charge on any atom is -0.318 e. The number of carbonyl (C=O) groups excluding carboxylic acids is 1. The van der Waals surface area contributed by atoms with E-state index in [9.17, 15) is 22.0 Å². The van der Waals surface area contributed by atoms with Gasteiger partial charge in [-0.1, -0.05) is 6.07 Å². The van der Waals surface area contributed by atoms with E-state index in [-0.39, 0.29) is 5.69 Å². The maximum Gasteiger partial charge on any atom is 0.281 e. The molecule has 118 valence electrons. The fourth-order valence-electron chi connectivity index (χ4n) is 1.64.